The molecule has 2 aromatic carbocycles. The Morgan fingerprint density at radius 3 is 2.70 bits per heavy atom. The molecule has 1 heterocycles. The number of sulfonamides is 1. The number of carbonyl (C=O) groups excluding carboxylic acids is 2. The van der Waals surface area contributed by atoms with Crippen LogP contribution in [0.1, 0.15) is 49.0 Å². The van der Waals surface area contributed by atoms with Crippen molar-refractivity contribution in [3.8, 4) is 0 Å². The van der Waals surface area contributed by atoms with Crippen LogP contribution in [0.15, 0.2) is 53.4 Å². The lowest BCUT2D eigenvalue weighted by Crippen LogP contribution is -2.45. The van der Waals surface area contributed by atoms with Gasteiger partial charge in [-0.1, -0.05) is 51.0 Å². The van der Waals surface area contributed by atoms with Gasteiger partial charge < -0.3 is 10.1 Å². The number of esters is 1. The summed E-state index contributed by atoms with van der Waals surface area (Å²) in [5.41, 5.74) is 1.73. The fourth-order valence-electron chi connectivity index (χ4n) is 4.72. The molecule has 0 aromatic heterocycles. The first-order valence-corrected chi connectivity index (χ1v) is 12.9. The van der Waals surface area contributed by atoms with Gasteiger partial charge in [0.15, 0.2) is 6.61 Å². The highest BCUT2D eigenvalue weighted by molar-refractivity contribution is 7.92. The van der Waals surface area contributed by atoms with Crippen molar-refractivity contribution in [3.05, 3.63) is 59.7 Å². The van der Waals surface area contributed by atoms with Crippen molar-refractivity contribution in [1.29, 1.82) is 0 Å². The quantitative estimate of drug-likeness (QED) is 0.652. The minimum Gasteiger partial charge on any atom is -0.452 e. The van der Waals surface area contributed by atoms with Crippen molar-refractivity contribution in [2.75, 3.05) is 17.5 Å². The molecule has 0 bridgehead atoms. The SMILES string of the molecule is C[C@@H]1[C@H](C)CCC[C@H]1NC(=O)COC(=O)c1cccc(S(=O)(=O)N2CCc3ccccc32)c1. The number of fused-ring (bicyclic) bond motifs is 1. The molecule has 1 fully saturated rings. The molecule has 3 atom stereocenters. The lowest BCUT2D eigenvalue weighted by Gasteiger charge is -2.34. The molecule has 0 unspecified atom stereocenters. The predicted octanol–water partition coefficient (Wildman–Crippen LogP) is 3.54. The van der Waals surface area contributed by atoms with Crippen LogP contribution in [0, 0.1) is 11.8 Å². The van der Waals surface area contributed by atoms with Crippen molar-refractivity contribution in [2.24, 2.45) is 11.8 Å². The number of rotatable bonds is 6. The Labute approximate surface area is 195 Å². The van der Waals surface area contributed by atoms with E-state index in [2.05, 4.69) is 19.2 Å². The summed E-state index contributed by atoms with van der Waals surface area (Å²) in [5, 5.41) is 2.97. The van der Waals surface area contributed by atoms with Gasteiger partial charge in [0.1, 0.15) is 0 Å². The van der Waals surface area contributed by atoms with E-state index in [4.69, 9.17) is 4.74 Å². The van der Waals surface area contributed by atoms with Gasteiger partial charge in [-0.25, -0.2) is 13.2 Å². The summed E-state index contributed by atoms with van der Waals surface area (Å²) in [4.78, 5) is 24.9. The first-order valence-electron chi connectivity index (χ1n) is 11.4. The molecule has 1 aliphatic heterocycles. The minimum atomic E-state index is -3.82. The predicted molar refractivity (Wildman–Crippen MR) is 126 cm³/mol. The Morgan fingerprint density at radius 2 is 1.88 bits per heavy atom. The smallest absolute Gasteiger partial charge is 0.338 e. The van der Waals surface area contributed by atoms with Gasteiger partial charge in [-0.05, 0) is 54.5 Å². The number of para-hydroxylation sites is 1. The zero-order chi connectivity index (χ0) is 23.6. The molecule has 2 aliphatic rings. The van der Waals surface area contributed by atoms with Gasteiger partial charge >= 0.3 is 5.97 Å². The Balaban J connectivity index is 1.40. The number of anilines is 1. The third-order valence-electron chi connectivity index (χ3n) is 6.89. The maximum absolute atomic E-state index is 13.2. The molecule has 2 aromatic rings. The molecule has 4 rings (SSSR count). The molecule has 0 saturated heterocycles. The molecule has 0 radical (unpaired) electrons. The van der Waals surface area contributed by atoms with Gasteiger partial charge in [0.05, 0.1) is 16.1 Å². The third-order valence-corrected chi connectivity index (χ3v) is 8.70. The zero-order valence-electron chi connectivity index (χ0n) is 19.0. The number of hydrogen-bond acceptors (Lipinski definition) is 5. The van der Waals surface area contributed by atoms with Crippen LogP contribution in [0.2, 0.25) is 0 Å². The molecule has 1 N–H and O–H groups in total. The van der Waals surface area contributed by atoms with Crippen LogP contribution in [0.3, 0.4) is 0 Å². The van der Waals surface area contributed by atoms with Crippen molar-refractivity contribution < 1.29 is 22.7 Å². The number of ether oxygens (including phenoxy) is 1. The monoisotopic (exact) mass is 470 g/mol. The molecular formula is C25H30N2O5S. The highest BCUT2D eigenvalue weighted by Gasteiger charge is 2.31. The normalized spacial score (nSPS) is 22.5. The van der Waals surface area contributed by atoms with Gasteiger partial charge in [-0.15, -0.1) is 0 Å². The Kier molecular flexibility index (Phi) is 6.74. The van der Waals surface area contributed by atoms with Crippen LogP contribution in [0.25, 0.3) is 0 Å². The topological polar surface area (TPSA) is 92.8 Å². The Hall–Kier alpha value is -2.87. The van der Waals surface area contributed by atoms with Crippen LogP contribution in [-0.2, 0) is 26.0 Å². The van der Waals surface area contributed by atoms with Crippen LogP contribution in [0.4, 0.5) is 5.69 Å². The van der Waals surface area contributed by atoms with Gasteiger partial charge in [0.2, 0.25) is 0 Å². The molecular weight excluding hydrogens is 440 g/mol. The second-order valence-corrected chi connectivity index (χ2v) is 10.9. The number of hydrogen-bond donors (Lipinski definition) is 1. The maximum atomic E-state index is 13.2. The lowest BCUT2D eigenvalue weighted by atomic mass is 9.78. The van der Waals surface area contributed by atoms with E-state index in [-0.39, 0.29) is 22.4 Å². The highest BCUT2D eigenvalue weighted by Crippen LogP contribution is 2.33. The summed E-state index contributed by atoms with van der Waals surface area (Å²) in [6, 6.07) is 13.2. The van der Waals surface area contributed by atoms with Crippen LogP contribution in [0.5, 0.6) is 0 Å². The summed E-state index contributed by atoms with van der Waals surface area (Å²) in [5.74, 6) is -0.157. The van der Waals surface area contributed by atoms with Gasteiger partial charge in [0, 0.05) is 12.6 Å². The maximum Gasteiger partial charge on any atom is 0.338 e. The molecule has 1 amide bonds. The molecule has 176 valence electrons. The second-order valence-electron chi connectivity index (χ2n) is 9.00. The van der Waals surface area contributed by atoms with E-state index < -0.39 is 22.6 Å². The van der Waals surface area contributed by atoms with E-state index in [1.807, 2.05) is 12.1 Å². The first-order chi connectivity index (χ1) is 15.8. The largest absolute Gasteiger partial charge is 0.452 e. The lowest BCUT2D eigenvalue weighted by molar-refractivity contribution is -0.125. The Bertz CT molecular complexity index is 1150. The molecule has 0 spiro atoms. The van der Waals surface area contributed by atoms with E-state index in [0.717, 1.165) is 24.8 Å². The average molecular weight is 471 g/mol. The molecule has 1 aliphatic carbocycles. The summed E-state index contributed by atoms with van der Waals surface area (Å²) in [6.45, 7) is 4.28. The Morgan fingerprint density at radius 1 is 1.09 bits per heavy atom. The molecule has 7 nitrogen and oxygen atoms in total. The van der Waals surface area contributed by atoms with E-state index >= 15 is 0 Å². The summed E-state index contributed by atoms with van der Waals surface area (Å²) >= 11 is 0. The third kappa shape index (κ3) is 4.90. The van der Waals surface area contributed by atoms with Crippen molar-refractivity contribution in [2.45, 2.75) is 50.5 Å². The van der Waals surface area contributed by atoms with E-state index in [1.54, 1.807) is 12.1 Å². The van der Waals surface area contributed by atoms with Crippen molar-refractivity contribution >= 4 is 27.6 Å². The fraction of sp³-hybridized carbons (Fsp3) is 0.440. The van der Waals surface area contributed by atoms with Gasteiger partial charge in [-0.2, -0.15) is 0 Å². The van der Waals surface area contributed by atoms with Gasteiger partial charge in [0.25, 0.3) is 15.9 Å². The van der Waals surface area contributed by atoms with Crippen molar-refractivity contribution in [3.63, 3.8) is 0 Å². The average Bonchev–Trinajstić information content (AvgIpc) is 3.26. The number of carbonyl (C=O) groups is 2. The molecule has 8 heteroatoms. The highest BCUT2D eigenvalue weighted by atomic mass is 32.2. The summed E-state index contributed by atoms with van der Waals surface area (Å²) < 4.78 is 33.0. The van der Waals surface area contributed by atoms with Crippen LogP contribution >= 0.6 is 0 Å². The number of amides is 1. The minimum absolute atomic E-state index is 0.0168. The van der Waals surface area contributed by atoms with E-state index in [1.165, 1.54) is 28.6 Å². The van der Waals surface area contributed by atoms with E-state index in [9.17, 15) is 18.0 Å². The van der Waals surface area contributed by atoms with Crippen molar-refractivity contribution in [1.82, 2.24) is 5.32 Å². The number of nitrogens with zero attached hydrogens (tertiary/aromatic N) is 1. The first kappa shape index (κ1) is 23.3. The molecule has 33 heavy (non-hydrogen) atoms. The summed E-state index contributed by atoms with van der Waals surface area (Å²) in [7, 11) is -3.82. The summed E-state index contributed by atoms with van der Waals surface area (Å²) in [6.07, 6.45) is 3.79. The zero-order valence-corrected chi connectivity index (χ0v) is 19.8. The van der Waals surface area contributed by atoms with Crippen LogP contribution < -0.4 is 9.62 Å². The second kappa shape index (κ2) is 9.55. The number of benzene rings is 2. The fourth-order valence-corrected chi connectivity index (χ4v) is 6.27. The van der Waals surface area contributed by atoms with E-state index in [0.29, 0.717) is 30.5 Å². The standard InChI is InChI=1S/C25H30N2O5S/c1-17-7-5-11-22(18(17)2)26-24(28)16-32-25(29)20-9-6-10-21(15-20)33(30,31)27-14-13-19-8-3-4-12-23(19)27/h3-4,6,8-10,12,15,17-18,22H,5,7,11,13-14,16H2,1-2H3,(H,26,28)/t17-,18-,22-/m1/s1. The van der Waals surface area contributed by atoms with Crippen LogP contribution in [-0.4, -0.2) is 39.5 Å². The number of nitrogens with one attached hydrogen (secondary N) is 1. The van der Waals surface area contributed by atoms with Gasteiger partial charge in [-0.3, -0.25) is 9.10 Å². The molecule has 1 saturated carbocycles.